The van der Waals surface area contributed by atoms with E-state index < -0.39 is 48.2 Å². The van der Waals surface area contributed by atoms with E-state index in [1.807, 2.05) is 4.98 Å². The molecule has 0 radical (unpaired) electrons. The molecule has 0 aliphatic carbocycles. The summed E-state index contributed by atoms with van der Waals surface area (Å²) in [4.78, 5) is 24.8. The number of H-pyrrole nitrogens is 1. The molecule has 2 heterocycles. The third kappa shape index (κ3) is 1.86. The summed E-state index contributed by atoms with van der Waals surface area (Å²) in [6.45, 7) is -0.614. The largest absolute Gasteiger partial charge is 0.394 e. The zero-order valence-electron chi connectivity index (χ0n) is 8.99. The maximum absolute atomic E-state index is 13.1. The monoisotopic (exact) mass is 262 g/mol. The number of halogens is 1. The lowest BCUT2D eigenvalue weighted by molar-refractivity contribution is -0.0569. The van der Waals surface area contributed by atoms with Crippen LogP contribution in [0, 0.1) is 5.82 Å². The Morgan fingerprint density at radius 2 is 2.06 bits per heavy atom. The van der Waals surface area contributed by atoms with Crippen LogP contribution in [0.4, 0.5) is 4.39 Å². The highest BCUT2D eigenvalue weighted by atomic mass is 19.1. The number of hydrogen-bond donors (Lipinski definition) is 4. The van der Waals surface area contributed by atoms with Gasteiger partial charge in [-0.2, -0.15) is 4.39 Å². The lowest BCUT2D eigenvalue weighted by Gasteiger charge is -2.15. The SMILES string of the molecule is O=c1[nH]cc(F)c(=O)n1C1OC(CO)C(O)C1O. The van der Waals surface area contributed by atoms with Crippen LogP contribution in [0.3, 0.4) is 0 Å². The molecule has 1 fully saturated rings. The van der Waals surface area contributed by atoms with Crippen LogP contribution in [0.1, 0.15) is 6.23 Å². The second-order valence-electron chi connectivity index (χ2n) is 3.85. The number of aliphatic hydroxyl groups excluding tert-OH is 3. The zero-order chi connectivity index (χ0) is 13.4. The van der Waals surface area contributed by atoms with E-state index in [4.69, 9.17) is 9.84 Å². The molecule has 0 bridgehead atoms. The summed E-state index contributed by atoms with van der Waals surface area (Å²) in [5.74, 6) is -1.23. The minimum atomic E-state index is -1.62. The first-order valence-corrected chi connectivity index (χ1v) is 5.09. The average Bonchev–Trinajstić information content (AvgIpc) is 2.62. The Bertz CT molecular complexity index is 555. The van der Waals surface area contributed by atoms with Crippen LogP contribution >= 0.6 is 0 Å². The molecule has 4 atom stereocenters. The molecule has 4 unspecified atom stereocenters. The Morgan fingerprint density at radius 3 is 2.61 bits per heavy atom. The third-order valence-electron chi connectivity index (χ3n) is 2.74. The van der Waals surface area contributed by atoms with E-state index in [1.54, 1.807) is 0 Å². The van der Waals surface area contributed by atoms with Gasteiger partial charge in [-0.1, -0.05) is 0 Å². The van der Waals surface area contributed by atoms with Gasteiger partial charge in [0.2, 0.25) is 5.82 Å². The Kier molecular flexibility index (Phi) is 3.30. The molecule has 2 rings (SSSR count). The van der Waals surface area contributed by atoms with Crippen molar-refractivity contribution in [1.29, 1.82) is 0 Å². The molecule has 100 valence electrons. The highest BCUT2D eigenvalue weighted by Gasteiger charge is 2.44. The van der Waals surface area contributed by atoms with Crippen molar-refractivity contribution in [1.82, 2.24) is 9.55 Å². The minimum absolute atomic E-state index is 0.318. The van der Waals surface area contributed by atoms with Crippen molar-refractivity contribution >= 4 is 0 Å². The fourth-order valence-corrected chi connectivity index (χ4v) is 1.79. The van der Waals surface area contributed by atoms with Gasteiger partial charge in [0, 0.05) is 6.20 Å². The van der Waals surface area contributed by atoms with Gasteiger partial charge in [0.25, 0.3) is 5.56 Å². The predicted octanol–water partition coefficient (Wildman–Crippen LogP) is -2.71. The number of hydrogen-bond acceptors (Lipinski definition) is 6. The van der Waals surface area contributed by atoms with Gasteiger partial charge in [-0.25, -0.2) is 9.36 Å². The normalized spacial score (nSPS) is 31.8. The molecule has 0 spiro atoms. The van der Waals surface area contributed by atoms with E-state index in [1.165, 1.54) is 0 Å². The summed E-state index contributed by atoms with van der Waals surface area (Å²) < 4.78 is 18.3. The van der Waals surface area contributed by atoms with Gasteiger partial charge < -0.3 is 25.0 Å². The first kappa shape index (κ1) is 12.9. The first-order valence-electron chi connectivity index (χ1n) is 5.09. The lowest BCUT2D eigenvalue weighted by atomic mass is 10.1. The van der Waals surface area contributed by atoms with Gasteiger partial charge >= 0.3 is 5.69 Å². The molecule has 1 aromatic heterocycles. The van der Waals surface area contributed by atoms with Gasteiger partial charge in [0.05, 0.1) is 6.61 Å². The molecule has 8 nitrogen and oxygen atoms in total. The van der Waals surface area contributed by atoms with E-state index in [0.29, 0.717) is 10.8 Å². The molecule has 9 heteroatoms. The number of ether oxygens (including phenoxy) is 1. The van der Waals surface area contributed by atoms with Gasteiger partial charge in [0.15, 0.2) is 6.23 Å². The van der Waals surface area contributed by atoms with E-state index in [-0.39, 0.29) is 0 Å². The number of aromatic nitrogens is 2. The van der Waals surface area contributed by atoms with Crippen LogP contribution < -0.4 is 11.2 Å². The number of aliphatic hydroxyl groups is 3. The summed E-state index contributed by atoms with van der Waals surface area (Å²) >= 11 is 0. The zero-order valence-corrected chi connectivity index (χ0v) is 8.99. The molecule has 0 aromatic carbocycles. The standard InChI is InChI=1S/C9H11FN2O6/c10-3-1-11-9(17)12(7(3)16)8-6(15)5(14)4(2-13)18-8/h1,4-6,8,13-15H,2H2,(H,11,17). The number of nitrogens with zero attached hydrogens (tertiary/aromatic N) is 1. The van der Waals surface area contributed by atoms with Crippen LogP contribution in [0.15, 0.2) is 15.8 Å². The quantitative estimate of drug-likeness (QED) is 0.459. The summed E-state index contributed by atoms with van der Waals surface area (Å²) in [6.07, 6.45) is -5.22. The van der Waals surface area contributed by atoms with Crippen LogP contribution in [0.25, 0.3) is 0 Å². The van der Waals surface area contributed by atoms with E-state index >= 15 is 0 Å². The highest BCUT2D eigenvalue weighted by molar-refractivity contribution is 4.94. The molecular formula is C9H11FN2O6. The Balaban J connectivity index is 2.48. The summed E-state index contributed by atoms with van der Waals surface area (Å²) in [5.41, 5.74) is -2.27. The average molecular weight is 262 g/mol. The maximum atomic E-state index is 13.1. The molecule has 1 saturated heterocycles. The highest BCUT2D eigenvalue weighted by Crippen LogP contribution is 2.27. The van der Waals surface area contributed by atoms with E-state index in [0.717, 1.165) is 0 Å². The van der Waals surface area contributed by atoms with Crippen LogP contribution in [-0.4, -0.2) is 49.8 Å². The van der Waals surface area contributed by atoms with E-state index in [2.05, 4.69) is 0 Å². The van der Waals surface area contributed by atoms with E-state index in [9.17, 15) is 24.2 Å². The first-order chi connectivity index (χ1) is 8.47. The fraction of sp³-hybridized carbons (Fsp3) is 0.556. The van der Waals surface area contributed by atoms with Crippen molar-refractivity contribution in [3.8, 4) is 0 Å². The molecule has 0 saturated carbocycles. The second-order valence-corrected chi connectivity index (χ2v) is 3.85. The van der Waals surface area contributed by atoms with Crippen molar-refractivity contribution in [2.24, 2.45) is 0 Å². The Morgan fingerprint density at radius 1 is 1.39 bits per heavy atom. The number of rotatable bonds is 2. The van der Waals surface area contributed by atoms with Crippen LogP contribution in [-0.2, 0) is 4.74 Å². The van der Waals surface area contributed by atoms with Crippen LogP contribution in [0.5, 0.6) is 0 Å². The lowest BCUT2D eigenvalue weighted by Crippen LogP contribution is -2.43. The number of nitrogens with one attached hydrogen (secondary N) is 1. The minimum Gasteiger partial charge on any atom is -0.394 e. The summed E-state index contributed by atoms with van der Waals surface area (Å²) in [6, 6.07) is 0. The smallest absolute Gasteiger partial charge is 0.330 e. The van der Waals surface area contributed by atoms with Crippen LogP contribution in [0.2, 0.25) is 0 Å². The Labute approximate surface area is 98.9 Å². The summed E-state index contributed by atoms with van der Waals surface area (Å²) in [5, 5.41) is 28.0. The maximum Gasteiger partial charge on any atom is 0.330 e. The van der Waals surface area contributed by atoms with Gasteiger partial charge in [-0.15, -0.1) is 0 Å². The second kappa shape index (κ2) is 4.61. The van der Waals surface area contributed by atoms with Gasteiger partial charge in [0.1, 0.15) is 18.3 Å². The molecule has 4 N–H and O–H groups in total. The fourth-order valence-electron chi connectivity index (χ4n) is 1.79. The number of aromatic amines is 1. The van der Waals surface area contributed by atoms with Gasteiger partial charge in [-0.3, -0.25) is 4.79 Å². The van der Waals surface area contributed by atoms with Crippen molar-refractivity contribution in [3.05, 3.63) is 32.9 Å². The molecular weight excluding hydrogens is 251 g/mol. The summed E-state index contributed by atoms with van der Waals surface area (Å²) in [7, 11) is 0. The predicted molar refractivity (Wildman–Crippen MR) is 54.3 cm³/mol. The molecule has 0 amide bonds. The van der Waals surface area contributed by atoms with Crippen molar-refractivity contribution in [3.63, 3.8) is 0 Å². The third-order valence-corrected chi connectivity index (χ3v) is 2.74. The molecule has 1 aliphatic heterocycles. The topological polar surface area (TPSA) is 125 Å². The van der Waals surface area contributed by atoms with Crippen molar-refractivity contribution in [2.75, 3.05) is 6.61 Å². The molecule has 18 heavy (non-hydrogen) atoms. The molecule has 1 aliphatic rings. The molecule has 1 aromatic rings. The van der Waals surface area contributed by atoms with Crippen molar-refractivity contribution in [2.45, 2.75) is 24.5 Å². The van der Waals surface area contributed by atoms with Crippen molar-refractivity contribution < 1.29 is 24.4 Å². The Hall–Kier alpha value is -1.55. The van der Waals surface area contributed by atoms with Gasteiger partial charge in [-0.05, 0) is 0 Å².